The van der Waals surface area contributed by atoms with Gasteiger partial charge in [0, 0.05) is 5.56 Å². The summed E-state index contributed by atoms with van der Waals surface area (Å²) in [4.78, 5) is 23.9. The molecule has 0 saturated heterocycles. The fourth-order valence-electron chi connectivity index (χ4n) is 1.92. The monoisotopic (exact) mass is 277 g/mol. The quantitative estimate of drug-likeness (QED) is 0.614. The Morgan fingerprint density at radius 3 is 2.50 bits per heavy atom. The Labute approximate surface area is 120 Å². The maximum Gasteiger partial charge on any atom is 0.307 e. The SMILES string of the molecule is CCCNC(CC(=O)OC)C(=O)c1ccc(C)c(C)c1. The second kappa shape index (κ2) is 7.80. The lowest BCUT2D eigenvalue weighted by Gasteiger charge is -2.16. The van der Waals surface area contributed by atoms with Crippen LogP contribution in [-0.4, -0.2) is 31.4 Å². The van der Waals surface area contributed by atoms with Crippen LogP contribution in [0.4, 0.5) is 0 Å². The van der Waals surface area contributed by atoms with Gasteiger partial charge in [0.25, 0.3) is 0 Å². The molecular weight excluding hydrogens is 254 g/mol. The molecule has 0 aromatic heterocycles. The molecule has 110 valence electrons. The highest BCUT2D eigenvalue weighted by Gasteiger charge is 2.23. The van der Waals surface area contributed by atoms with Gasteiger partial charge < -0.3 is 10.1 Å². The van der Waals surface area contributed by atoms with Crippen molar-refractivity contribution in [2.24, 2.45) is 0 Å². The van der Waals surface area contributed by atoms with Gasteiger partial charge >= 0.3 is 5.97 Å². The van der Waals surface area contributed by atoms with E-state index >= 15 is 0 Å². The molecule has 20 heavy (non-hydrogen) atoms. The number of methoxy groups -OCH3 is 1. The summed E-state index contributed by atoms with van der Waals surface area (Å²) in [6.45, 7) is 6.69. The summed E-state index contributed by atoms with van der Waals surface area (Å²) in [5.41, 5.74) is 2.85. The van der Waals surface area contributed by atoms with Crippen molar-refractivity contribution >= 4 is 11.8 Å². The number of ketones is 1. The summed E-state index contributed by atoms with van der Waals surface area (Å²) >= 11 is 0. The fraction of sp³-hybridized carbons (Fsp3) is 0.500. The molecule has 0 aliphatic carbocycles. The van der Waals surface area contributed by atoms with Gasteiger partial charge in [-0.2, -0.15) is 0 Å². The van der Waals surface area contributed by atoms with Crippen molar-refractivity contribution in [2.75, 3.05) is 13.7 Å². The highest BCUT2D eigenvalue weighted by Crippen LogP contribution is 2.13. The van der Waals surface area contributed by atoms with Gasteiger partial charge in [-0.3, -0.25) is 9.59 Å². The zero-order valence-electron chi connectivity index (χ0n) is 12.7. The molecule has 0 amide bonds. The van der Waals surface area contributed by atoms with E-state index in [0.29, 0.717) is 12.1 Å². The van der Waals surface area contributed by atoms with E-state index in [4.69, 9.17) is 0 Å². The Hall–Kier alpha value is -1.68. The van der Waals surface area contributed by atoms with Crippen molar-refractivity contribution in [3.8, 4) is 0 Å². The van der Waals surface area contributed by atoms with Crippen molar-refractivity contribution < 1.29 is 14.3 Å². The number of carbonyl (C=O) groups excluding carboxylic acids is 2. The predicted octanol–water partition coefficient (Wildman–Crippen LogP) is 2.42. The molecule has 1 N–H and O–H groups in total. The molecule has 1 aromatic rings. The minimum absolute atomic E-state index is 0.0578. The highest BCUT2D eigenvalue weighted by molar-refractivity contribution is 6.02. The zero-order valence-corrected chi connectivity index (χ0v) is 12.7. The number of aryl methyl sites for hydroxylation is 2. The van der Waals surface area contributed by atoms with Crippen LogP contribution >= 0.6 is 0 Å². The molecule has 0 saturated carbocycles. The van der Waals surface area contributed by atoms with Crippen molar-refractivity contribution in [2.45, 2.75) is 39.7 Å². The molecule has 4 heteroatoms. The molecule has 0 fully saturated rings. The first kappa shape index (κ1) is 16.4. The number of nitrogens with one attached hydrogen (secondary N) is 1. The van der Waals surface area contributed by atoms with Gasteiger partial charge in [-0.1, -0.05) is 19.1 Å². The highest BCUT2D eigenvalue weighted by atomic mass is 16.5. The van der Waals surface area contributed by atoms with Gasteiger partial charge in [-0.25, -0.2) is 0 Å². The van der Waals surface area contributed by atoms with Crippen LogP contribution in [0, 0.1) is 13.8 Å². The van der Waals surface area contributed by atoms with E-state index in [-0.39, 0.29) is 18.2 Å². The third-order valence-electron chi connectivity index (χ3n) is 3.35. The minimum atomic E-state index is -0.524. The van der Waals surface area contributed by atoms with Gasteiger partial charge in [0.1, 0.15) is 0 Å². The third-order valence-corrected chi connectivity index (χ3v) is 3.35. The summed E-state index contributed by atoms with van der Waals surface area (Å²) in [5.74, 6) is -0.442. The molecule has 4 nitrogen and oxygen atoms in total. The number of esters is 1. The zero-order chi connectivity index (χ0) is 15.1. The van der Waals surface area contributed by atoms with Crippen LogP contribution in [0.2, 0.25) is 0 Å². The van der Waals surface area contributed by atoms with E-state index in [1.54, 1.807) is 0 Å². The van der Waals surface area contributed by atoms with Gasteiger partial charge in [0.05, 0.1) is 19.6 Å². The average Bonchev–Trinajstić information content (AvgIpc) is 2.45. The van der Waals surface area contributed by atoms with Gasteiger partial charge in [0.15, 0.2) is 5.78 Å². The first-order chi connectivity index (χ1) is 9.49. The number of hydrogen-bond donors (Lipinski definition) is 1. The summed E-state index contributed by atoms with van der Waals surface area (Å²) < 4.78 is 4.66. The smallest absolute Gasteiger partial charge is 0.307 e. The van der Waals surface area contributed by atoms with Crippen molar-refractivity contribution in [3.05, 3.63) is 34.9 Å². The molecule has 0 aliphatic rings. The predicted molar refractivity (Wildman–Crippen MR) is 79.0 cm³/mol. The summed E-state index contributed by atoms with van der Waals surface area (Å²) in [6.07, 6.45) is 0.958. The largest absolute Gasteiger partial charge is 0.469 e. The maximum absolute atomic E-state index is 12.5. The molecule has 0 heterocycles. The number of carbonyl (C=O) groups is 2. The number of hydrogen-bond acceptors (Lipinski definition) is 4. The first-order valence-corrected chi connectivity index (χ1v) is 6.91. The summed E-state index contributed by atoms with van der Waals surface area (Å²) in [6, 6.07) is 5.08. The standard InChI is InChI=1S/C16H23NO3/c1-5-8-17-14(10-15(18)20-4)16(19)13-7-6-11(2)12(3)9-13/h6-7,9,14,17H,5,8,10H2,1-4H3. The Balaban J connectivity index is 2.90. The van der Waals surface area contributed by atoms with E-state index in [2.05, 4.69) is 10.1 Å². The van der Waals surface area contributed by atoms with Crippen LogP contribution in [0.5, 0.6) is 0 Å². The van der Waals surface area contributed by atoms with Gasteiger partial charge in [0.2, 0.25) is 0 Å². The van der Waals surface area contributed by atoms with Gasteiger partial charge in [-0.05, 0) is 44.0 Å². The Morgan fingerprint density at radius 1 is 1.25 bits per heavy atom. The van der Waals surface area contributed by atoms with E-state index < -0.39 is 6.04 Å². The molecule has 0 radical (unpaired) electrons. The van der Waals surface area contributed by atoms with Crippen molar-refractivity contribution in [1.82, 2.24) is 5.32 Å². The Morgan fingerprint density at radius 2 is 1.95 bits per heavy atom. The third kappa shape index (κ3) is 4.46. The Kier molecular flexibility index (Phi) is 6.39. The lowest BCUT2D eigenvalue weighted by Crippen LogP contribution is -2.39. The van der Waals surface area contributed by atoms with E-state index in [0.717, 1.165) is 17.5 Å². The normalized spacial score (nSPS) is 12.0. The molecule has 1 rings (SSSR count). The van der Waals surface area contributed by atoms with Crippen LogP contribution in [0.1, 0.15) is 41.3 Å². The molecule has 1 unspecified atom stereocenters. The first-order valence-electron chi connectivity index (χ1n) is 6.91. The second-order valence-electron chi connectivity index (χ2n) is 4.95. The van der Waals surface area contributed by atoms with Crippen LogP contribution in [0.25, 0.3) is 0 Å². The number of Topliss-reactive ketones (excluding diaryl/α,β-unsaturated/α-hetero) is 1. The van der Waals surface area contributed by atoms with E-state index in [1.807, 2.05) is 39.0 Å². The fourth-order valence-corrected chi connectivity index (χ4v) is 1.92. The minimum Gasteiger partial charge on any atom is -0.469 e. The van der Waals surface area contributed by atoms with Crippen molar-refractivity contribution in [3.63, 3.8) is 0 Å². The topological polar surface area (TPSA) is 55.4 Å². The summed E-state index contributed by atoms with van der Waals surface area (Å²) in [7, 11) is 1.33. The lowest BCUT2D eigenvalue weighted by atomic mass is 9.98. The molecule has 0 aliphatic heterocycles. The maximum atomic E-state index is 12.5. The van der Waals surface area contributed by atoms with Crippen LogP contribution in [0.15, 0.2) is 18.2 Å². The molecule has 0 bridgehead atoms. The molecule has 1 aromatic carbocycles. The summed E-state index contributed by atoms with van der Waals surface area (Å²) in [5, 5.41) is 3.12. The Bertz CT molecular complexity index is 483. The van der Waals surface area contributed by atoms with Crippen molar-refractivity contribution in [1.29, 1.82) is 0 Å². The number of ether oxygens (including phenoxy) is 1. The van der Waals surface area contributed by atoms with Crippen LogP contribution < -0.4 is 5.32 Å². The number of rotatable bonds is 7. The molecule has 0 spiro atoms. The van der Waals surface area contributed by atoms with E-state index in [9.17, 15) is 9.59 Å². The average molecular weight is 277 g/mol. The number of benzene rings is 1. The van der Waals surface area contributed by atoms with E-state index in [1.165, 1.54) is 7.11 Å². The lowest BCUT2D eigenvalue weighted by molar-refractivity contribution is -0.140. The molecule has 1 atom stereocenters. The van der Waals surface area contributed by atoms with Gasteiger partial charge in [-0.15, -0.1) is 0 Å². The second-order valence-corrected chi connectivity index (χ2v) is 4.95. The molecular formula is C16H23NO3. The van der Waals surface area contributed by atoms with Crippen LogP contribution in [-0.2, 0) is 9.53 Å². The van der Waals surface area contributed by atoms with Crippen LogP contribution in [0.3, 0.4) is 0 Å².